The van der Waals surface area contributed by atoms with Crippen LogP contribution in [0.25, 0.3) is 0 Å². The highest BCUT2D eigenvalue weighted by molar-refractivity contribution is 14.0. The lowest BCUT2D eigenvalue weighted by Gasteiger charge is -2.09. The molecule has 0 aromatic heterocycles. The molecule has 0 saturated heterocycles. The molecule has 0 aliphatic rings. The standard InChI is InChI=1S/C23H24N4O2.HI/c1-25-22(28)18-8-5-7-17(15-18)13-14-26-23(24)27-19-9-6-12-21(16-19)29-20-10-3-2-4-11-20;/h2-12,15-16H,13-14H2,1H3,(H,25,28)(H3,24,26,27);1H. The highest BCUT2D eigenvalue weighted by Gasteiger charge is 2.04. The molecule has 0 heterocycles. The van der Waals surface area contributed by atoms with Crippen molar-refractivity contribution in [2.75, 3.05) is 18.9 Å². The zero-order chi connectivity index (χ0) is 20.5. The van der Waals surface area contributed by atoms with Crippen molar-refractivity contribution >= 4 is 41.5 Å². The molecular formula is C23H25IN4O2. The minimum atomic E-state index is -0.103. The molecule has 156 valence electrons. The first-order valence-electron chi connectivity index (χ1n) is 9.35. The molecule has 1 amide bonds. The number of hydrogen-bond acceptors (Lipinski definition) is 3. The van der Waals surface area contributed by atoms with Crippen molar-refractivity contribution in [3.63, 3.8) is 0 Å². The predicted octanol–water partition coefficient (Wildman–Crippen LogP) is 4.43. The van der Waals surface area contributed by atoms with Gasteiger partial charge in [0.15, 0.2) is 5.96 Å². The van der Waals surface area contributed by atoms with E-state index in [0.29, 0.717) is 30.2 Å². The quantitative estimate of drug-likeness (QED) is 0.247. The Morgan fingerprint density at radius 2 is 1.70 bits per heavy atom. The number of carbonyl (C=O) groups excluding carboxylic acids is 1. The minimum Gasteiger partial charge on any atom is -0.457 e. The summed E-state index contributed by atoms with van der Waals surface area (Å²) in [5.41, 5.74) is 8.46. The number of nitrogens with zero attached hydrogens (tertiary/aromatic N) is 1. The number of ether oxygens (including phenoxy) is 1. The Bertz CT molecular complexity index is 993. The van der Waals surface area contributed by atoms with Crippen molar-refractivity contribution in [1.29, 1.82) is 0 Å². The fourth-order valence-electron chi connectivity index (χ4n) is 2.77. The van der Waals surface area contributed by atoms with Crippen LogP contribution in [0.3, 0.4) is 0 Å². The zero-order valence-corrected chi connectivity index (χ0v) is 19.0. The number of rotatable bonds is 7. The Kier molecular flexibility index (Phi) is 9.14. The van der Waals surface area contributed by atoms with Gasteiger partial charge in [0, 0.05) is 30.9 Å². The molecule has 0 aliphatic heterocycles. The lowest BCUT2D eigenvalue weighted by molar-refractivity contribution is 0.0963. The lowest BCUT2D eigenvalue weighted by atomic mass is 10.1. The van der Waals surface area contributed by atoms with Crippen molar-refractivity contribution in [1.82, 2.24) is 5.32 Å². The third-order valence-corrected chi connectivity index (χ3v) is 4.18. The number of guanidine groups is 1. The van der Waals surface area contributed by atoms with E-state index in [1.54, 1.807) is 13.1 Å². The van der Waals surface area contributed by atoms with Crippen LogP contribution in [0, 0.1) is 0 Å². The molecule has 7 heteroatoms. The van der Waals surface area contributed by atoms with Gasteiger partial charge in [0.1, 0.15) is 11.5 Å². The van der Waals surface area contributed by atoms with Crippen molar-refractivity contribution < 1.29 is 9.53 Å². The van der Waals surface area contributed by atoms with E-state index in [1.807, 2.05) is 72.8 Å². The van der Waals surface area contributed by atoms with E-state index in [4.69, 9.17) is 10.5 Å². The highest BCUT2D eigenvalue weighted by atomic mass is 127. The fraction of sp³-hybridized carbons (Fsp3) is 0.130. The van der Waals surface area contributed by atoms with E-state index in [0.717, 1.165) is 17.0 Å². The van der Waals surface area contributed by atoms with Gasteiger partial charge in [0.25, 0.3) is 5.91 Å². The predicted molar refractivity (Wildman–Crippen MR) is 132 cm³/mol. The van der Waals surface area contributed by atoms with Gasteiger partial charge in [-0.05, 0) is 48.4 Å². The highest BCUT2D eigenvalue weighted by Crippen LogP contribution is 2.23. The number of amides is 1. The normalized spacial score (nSPS) is 10.6. The van der Waals surface area contributed by atoms with E-state index in [-0.39, 0.29) is 29.9 Å². The number of nitrogens with one attached hydrogen (secondary N) is 2. The summed E-state index contributed by atoms with van der Waals surface area (Å²) in [5.74, 6) is 1.70. The van der Waals surface area contributed by atoms with Gasteiger partial charge in [-0.3, -0.25) is 9.79 Å². The van der Waals surface area contributed by atoms with Crippen LogP contribution in [-0.4, -0.2) is 25.5 Å². The van der Waals surface area contributed by atoms with Crippen LogP contribution >= 0.6 is 24.0 Å². The van der Waals surface area contributed by atoms with E-state index in [2.05, 4.69) is 15.6 Å². The largest absolute Gasteiger partial charge is 0.457 e. The molecule has 0 radical (unpaired) electrons. The number of aliphatic imine (C=N–C) groups is 1. The van der Waals surface area contributed by atoms with Gasteiger partial charge in [-0.1, -0.05) is 36.4 Å². The summed E-state index contributed by atoms with van der Waals surface area (Å²) in [4.78, 5) is 16.1. The SMILES string of the molecule is CNC(=O)c1cccc(CCN=C(N)Nc2cccc(Oc3ccccc3)c2)c1.I. The van der Waals surface area contributed by atoms with Gasteiger partial charge >= 0.3 is 0 Å². The summed E-state index contributed by atoms with van der Waals surface area (Å²) in [6, 6.07) is 24.6. The van der Waals surface area contributed by atoms with Gasteiger partial charge in [-0.15, -0.1) is 24.0 Å². The van der Waals surface area contributed by atoms with Crippen molar-refractivity contribution in [3.8, 4) is 11.5 Å². The van der Waals surface area contributed by atoms with Gasteiger partial charge in [-0.2, -0.15) is 0 Å². The van der Waals surface area contributed by atoms with E-state index >= 15 is 0 Å². The van der Waals surface area contributed by atoms with Gasteiger partial charge < -0.3 is 21.1 Å². The molecular weight excluding hydrogens is 491 g/mol. The second-order valence-electron chi connectivity index (χ2n) is 6.36. The number of nitrogens with two attached hydrogens (primary N) is 1. The molecule has 3 aromatic carbocycles. The van der Waals surface area contributed by atoms with Crippen LogP contribution in [0.15, 0.2) is 83.9 Å². The van der Waals surface area contributed by atoms with Gasteiger partial charge in [-0.25, -0.2) is 0 Å². The van der Waals surface area contributed by atoms with E-state index in [1.165, 1.54) is 0 Å². The summed E-state index contributed by atoms with van der Waals surface area (Å²) < 4.78 is 5.83. The Hall–Kier alpha value is -3.07. The number of para-hydroxylation sites is 1. The molecule has 0 aliphatic carbocycles. The molecule has 0 spiro atoms. The first-order valence-corrected chi connectivity index (χ1v) is 9.35. The van der Waals surface area contributed by atoms with Gasteiger partial charge in [0.2, 0.25) is 0 Å². The maximum atomic E-state index is 11.7. The number of halogens is 1. The number of benzene rings is 3. The maximum Gasteiger partial charge on any atom is 0.251 e. The Morgan fingerprint density at radius 1 is 0.967 bits per heavy atom. The molecule has 6 nitrogen and oxygen atoms in total. The number of hydrogen-bond donors (Lipinski definition) is 3. The monoisotopic (exact) mass is 516 g/mol. The first kappa shape index (κ1) is 23.2. The summed E-state index contributed by atoms with van der Waals surface area (Å²) in [5, 5.41) is 5.70. The summed E-state index contributed by atoms with van der Waals surface area (Å²) in [7, 11) is 1.62. The Labute approximate surface area is 193 Å². The van der Waals surface area contributed by atoms with Gasteiger partial charge in [0.05, 0.1) is 0 Å². The molecule has 0 fully saturated rings. The third-order valence-electron chi connectivity index (χ3n) is 4.18. The second kappa shape index (κ2) is 11.8. The van der Waals surface area contributed by atoms with Crippen LogP contribution in [0.1, 0.15) is 15.9 Å². The molecule has 3 rings (SSSR count). The van der Waals surface area contributed by atoms with Crippen molar-refractivity contribution in [2.24, 2.45) is 10.7 Å². The number of carbonyl (C=O) groups is 1. The molecule has 0 atom stereocenters. The average molecular weight is 516 g/mol. The third kappa shape index (κ3) is 7.07. The summed E-state index contributed by atoms with van der Waals surface area (Å²) >= 11 is 0. The first-order chi connectivity index (χ1) is 14.1. The molecule has 4 N–H and O–H groups in total. The van der Waals surface area contributed by atoms with Crippen molar-refractivity contribution in [3.05, 3.63) is 90.0 Å². The second-order valence-corrected chi connectivity index (χ2v) is 6.36. The minimum absolute atomic E-state index is 0. The fourth-order valence-corrected chi connectivity index (χ4v) is 2.77. The summed E-state index contributed by atoms with van der Waals surface area (Å²) in [6.07, 6.45) is 0.685. The number of anilines is 1. The van der Waals surface area contributed by atoms with Crippen molar-refractivity contribution in [2.45, 2.75) is 6.42 Å². The summed E-state index contributed by atoms with van der Waals surface area (Å²) in [6.45, 7) is 0.510. The van der Waals surface area contributed by atoms with E-state index < -0.39 is 0 Å². The molecule has 0 unspecified atom stereocenters. The Balaban J connectivity index is 0.00000320. The zero-order valence-electron chi connectivity index (χ0n) is 16.7. The van der Waals surface area contributed by atoms with Crippen LogP contribution in [-0.2, 0) is 6.42 Å². The topological polar surface area (TPSA) is 88.7 Å². The molecule has 0 bridgehead atoms. The van der Waals surface area contributed by atoms with Crippen LogP contribution < -0.4 is 21.1 Å². The van der Waals surface area contributed by atoms with Crippen LogP contribution in [0.2, 0.25) is 0 Å². The smallest absolute Gasteiger partial charge is 0.251 e. The van der Waals surface area contributed by atoms with Crippen LogP contribution in [0.4, 0.5) is 5.69 Å². The van der Waals surface area contributed by atoms with E-state index in [9.17, 15) is 4.79 Å². The molecule has 30 heavy (non-hydrogen) atoms. The maximum absolute atomic E-state index is 11.7. The molecule has 3 aromatic rings. The van der Waals surface area contributed by atoms with Crippen LogP contribution in [0.5, 0.6) is 11.5 Å². The lowest BCUT2D eigenvalue weighted by Crippen LogP contribution is -2.23. The molecule has 0 saturated carbocycles. The average Bonchev–Trinajstić information content (AvgIpc) is 2.74. The Morgan fingerprint density at radius 3 is 2.47 bits per heavy atom.